The number of rotatable bonds is 5. The Hall–Kier alpha value is -3.66. The SMILES string of the molecule is Nc1nc(N2CCCC(CN3CCN(c4ccccc4)CC3)C2)nc2nc(-c3ccco3)nn12. The fraction of sp³-hybridized carbons (Fsp3) is 0.417. The van der Waals surface area contributed by atoms with Crippen LogP contribution in [0.15, 0.2) is 53.1 Å². The van der Waals surface area contributed by atoms with Crippen molar-refractivity contribution < 1.29 is 4.42 Å². The van der Waals surface area contributed by atoms with E-state index in [1.807, 2.05) is 6.07 Å². The summed E-state index contributed by atoms with van der Waals surface area (Å²) >= 11 is 0. The summed E-state index contributed by atoms with van der Waals surface area (Å²) in [5.41, 5.74) is 7.53. The van der Waals surface area contributed by atoms with Gasteiger partial charge in [0.1, 0.15) is 0 Å². The third-order valence-corrected chi connectivity index (χ3v) is 6.78. The Morgan fingerprint density at radius 2 is 1.76 bits per heavy atom. The number of nitrogen functional groups attached to an aromatic ring is 1. The quantitative estimate of drug-likeness (QED) is 0.482. The zero-order chi connectivity index (χ0) is 22.9. The summed E-state index contributed by atoms with van der Waals surface area (Å²) in [4.78, 5) is 21.0. The van der Waals surface area contributed by atoms with Gasteiger partial charge in [-0.3, -0.25) is 4.90 Å². The monoisotopic (exact) mass is 459 g/mol. The maximum Gasteiger partial charge on any atom is 0.259 e. The molecule has 0 radical (unpaired) electrons. The van der Waals surface area contributed by atoms with Crippen LogP contribution in [-0.4, -0.2) is 75.3 Å². The molecule has 6 rings (SSSR count). The van der Waals surface area contributed by atoms with Crippen LogP contribution < -0.4 is 15.5 Å². The number of nitrogens with zero attached hydrogens (tertiary/aromatic N) is 8. The highest BCUT2D eigenvalue weighted by Gasteiger charge is 2.26. The molecule has 176 valence electrons. The van der Waals surface area contributed by atoms with E-state index in [9.17, 15) is 0 Å². The first-order valence-electron chi connectivity index (χ1n) is 11.9. The summed E-state index contributed by atoms with van der Waals surface area (Å²) in [7, 11) is 0. The molecule has 3 aromatic heterocycles. The molecule has 4 aromatic rings. The van der Waals surface area contributed by atoms with Gasteiger partial charge in [0.15, 0.2) is 5.76 Å². The van der Waals surface area contributed by atoms with Crippen LogP contribution in [0.25, 0.3) is 17.4 Å². The van der Waals surface area contributed by atoms with Crippen molar-refractivity contribution in [3.05, 3.63) is 48.7 Å². The lowest BCUT2D eigenvalue weighted by Crippen LogP contribution is -2.49. The van der Waals surface area contributed by atoms with Crippen LogP contribution in [0.1, 0.15) is 12.8 Å². The smallest absolute Gasteiger partial charge is 0.259 e. The van der Waals surface area contributed by atoms with E-state index < -0.39 is 0 Å². The highest BCUT2D eigenvalue weighted by atomic mass is 16.3. The Labute approximate surface area is 198 Å². The molecule has 2 fully saturated rings. The highest BCUT2D eigenvalue weighted by molar-refractivity contribution is 5.53. The van der Waals surface area contributed by atoms with Crippen molar-refractivity contribution in [1.82, 2.24) is 29.5 Å². The van der Waals surface area contributed by atoms with Gasteiger partial charge < -0.3 is 20.0 Å². The van der Waals surface area contributed by atoms with Gasteiger partial charge in [0, 0.05) is 51.5 Å². The molecule has 1 unspecified atom stereocenters. The first kappa shape index (κ1) is 20.9. The lowest BCUT2D eigenvalue weighted by atomic mass is 9.97. The van der Waals surface area contributed by atoms with Crippen molar-refractivity contribution in [2.24, 2.45) is 5.92 Å². The first-order chi connectivity index (χ1) is 16.7. The lowest BCUT2D eigenvalue weighted by molar-refractivity contribution is 0.205. The van der Waals surface area contributed by atoms with Gasteiger partial charge in [-0.25, -0.2) is 0 Å². The van der Waals surface area contributed by atoms with Crippen molar-refractivity contribution in [3.8, 4) is 11.6 Å². The molecule has 0 spiro atoms. The number of fused-ring (bicyclic) bond motifs is 1. The Morgan fingerprint density at radius 3 is 2.56 bits per heavy atom. The van der Waals surface area contributed by atoms with E-state index in [1.54, 1.807) is 12.3 Å². The third-order valence-electron chi connectivity index (χ3n) is 6.78. The fourth-order valence-corrected chi connectivity index (χ4v) is 5.03. The van der Waals surface area contributed by atoms with Gasteiger partial charge in [-0.2, -0.15) is 19.5 Å². The number of piperidine rings is 1. The number of benzene rings is 1. The number of hydrogen-bond donors (Lipinski definition) is 1. The number of hydrogen-bond acceptors (Lipinski definition) is 9. The Balaban J connectivity index is 1.11. The molecule has 2 aliphatic heterocycles. The maximum atomic E-state index is 6.21. The van der Waals surface area contributed by atoms with Gasteiger partial charge >= 0.3 is 0 Å². The van der Waals surface area contributed by atoms with E-state index in [-0.39, 0.29) is 5.95 Å². The van der Waals surface area contributed by atoms with Crippen molar-refractivity contribution in [3.63, 3.8) is 0 Å². The van der Waals surface area contributed by atoms with Gasteiger partial charge in [-0.05, 0) is 43.0 Å². The number of anilines is 3. The Kier molecular flexibility index (Phi) is 5.50. The Morgan fingerprint density at radius 1 is 0.912 bits per heavy atom. The number of para-hydroxylation sites is 1. The van der Waals surface area contributed by atoms with Gasteiger partial charge in [0.2, 0.25) is 17.7 Å². The van der Waals surface area contributed by atoms with Gasteiger partial charge in [0.05, 0.1) is 6.26 Å². The molecule has 2 aliphatic rings. The molecule has 2 N–H and O–H groups in total. The van der Waals surface area contributed by atoms with E-state index >= 15 is 0 Å². The van der Waals surface area contributed by atoms with Crippen LogP contribution in [0.5, 0.6) is 0 Å². The molecule has 5 heterocycles. The van der Waals surface area contributed by atoms with Crippen molar-refractivity contribution >= 4 is 23.4 Å². The summed E-state index contributed by atoms with van der Waals surface area (Å²) < 4.78 is 6.88. The number of furan rings is 1. The predicted molar refractivity (Wildman–Crippen MR) is 131 cm³/mol. The first-order valence-corrected chi connectivity index (χ1v) is 11.9. The number of nitrogens with two attached hydrogens (primary N) is 1. The van der Waals surface area contributed by atoms with Crippen LogP contribution in [0.2, 0.25) is 0 Å². The lowest BCUT2D eigenvalue weighted by Gasteiger charge is -2.40. The van der Waals surface area contributed by atoms with E-state index in [1.165, 1.54) is 16.6 Å². The standard InChI is InChI=1S/C24H29N9O/c25-22-27-23(28-24-26-21(29-33(22)24)20-9-5-15-34-20)32-10-4-6-18(17-32)16-30-11-13-31(14-12-30)19-7-2-1-3-8-19/h1-3,5,7-9,15,18H,4,6,10-14,16-17H2,(H2,25,26,27,28,29). The van der Waals surface area contributed by atoms with Crippen molar-refractivity contribution in [2.45, 2.75) is 12.8 Å². The third kappa shape index (κ3) is 4.16. The molecule has 2 saturated heterocycles. The summed E-state index contributed by atoms with van der Waals surface area (Å²) in [6, 6.07) is 14.3. The molecule has 10 nitrogen and oxygen atoms in total. The van der Waals surface area contributed by atoms with Crippen molar-refractivity contribution in [2.75, 3.05) is 61.3 Å². The van der Waals surface area contributed by atoms with E-state index in [2.05, 4.69) is 65.1 Å². The second-order valence-corrected chi connectivity index (χ2v) is 9.08. The van der Waals surface area contributed by atoms with Crippen molar-refractivity contribution in [1.29, 1.82) is 0 Å². The molecule has 1 aromatic carbocycles. The van der Waals surface area contributed by atoms with Crippen LogP contribution >= 0.6 is 0 Å². The van der Waals surface area contributed by atoms with Crippen LogP contribution in [0.4, 0.5) is 17.6 Å². The van der Waals surface area contributed by atoms with Crippen LogP contribution in [0, 0.1) is 5.92 Å². The molecule has 0 saturated carbocycles. The van der Waals surface area contributed by atoms with Crippen LogP contribution in [-0.2, 0) is 0 Å². The minimum atomic E-state index is 0.282. The minimum Gasteiger partial charge on any atom is -0.461 e. The van der Waals surface area contributed by atoms with Crippen LogP contribution in [0.3, 0.4) is 0 Å². The number of aromatic nitrogens is 5. The molecule has 10 heteroatoms. The molecule has 1 atom stereocenters. The van der Waals surface area contributed by atoms with E-state index in [4.69, 9.17) is 10.2 Å². The van der Waals surface area contributed by atoms with Gasteiger partial charge in [-0.15, -0.1) is 5.10 Å². The molecule has 0 bridgehead atoms. The zero-order valence-corrected chi connectivity index (χ0v) is 19.1. The second kappa shape index (κ2) is 8.94. The molecule has 34 heavy (non-hydrogen) atoms. The highest BCUT2D eigenvalue weighted by Crippen LogP contribution is 2.24. The number of piperazine rings is 1. The normalized spacial score (nSPS) is 19.7. The van der Waals surface area contributed by atoms with E-state index in [0.717, 1.165) is 52.2 Å². The minimum absolute atomic E-state index is 0.282. The summed E-state index contributed by atoms with van der Waals surface area (Å²) in [5, 5.41) is 4.39. The Bertz CT molecular complexity index is 1230. The fourth-order valence-electron chi connectivity index (χ4n) is 5.03. The van der Waals surface area contributed by atoms with Gasteiger partial charge in [0.25, 0.3) is 5.78 Å². The largest absolute Gasteiger partial charge is 0.461 e. The van der Waals surface area contributed by atoms with Gasteiger partial charge in [-0.1, -0.05) is 18.2 Å². The summed E-state index contributed by atoms with van der Waals surface area (Å²) in [6.07, 6.45) is 3.94. The zero-order valence-electron chi connectivity index (χ0n) is 19.1. The summed E-state index contributed by atoms with van der Waals surface area (Å²) in [5.74, 6) is 2.96. The average molecular weight is 460 g/mol. The second-order valence-electron chi connectivity index (χ2n) is 9.08. The van der Waals surface area contributed by atoms with E-state index in [0.29, 0.717) is 29.2 Å². The summed E-state index contributed by atoms with van der Waals surface area (Å²) in [6.45, 7) is 7.28. The maximum absolute atomic E-state index is 6.21. The molecular formula is C24H29N9O. The molecule has 0 amide bonds. The molecule has 0 aliphatic carbocycles. The predicted octanol–water partition coefficient (Wildman–Crippen LogP) is 2.40. The average Bonchev–Trinajstić information content (AvgIpc) is 3.56. The topological polar surface area (TPSA) is 105 Å². The molecular weight excluding hydrogens is 430 g/mol.